The van der Waals surface area contributed by atoms with E-state index in [2.05, 4.69) is 0 Å². The van der Waals surface area contributed by atoms with Gasteiger partial charge in [0.15, 0.2) is 11.7 Å². The largest absolute Gasteiger partial charge is 0.440 e. The molecule has 0 aliphatic rings. The van der Waals surface area contributed by atoms with E-state index in [1.165, 1.54) is 6.07 Å². The van der Waals surface area contributed by atoms with Crippen LogP contribution in [-0.4, -0.2) is 13.4 Å². The summed E-state index contributed by atoms with van der Waals surface area (Å²) < 4.78 is 30.5. The predicted molar refractivity (Wildman–Crippen MR) is 118 cm³/mol. The third kappa shape index (κ3) is 4.03. The molecule has 0 saturated heterocycles. The molecule has 0 amide bonds. The van der Waals surface area contributed by atoms with Gasteiger partial charge in [-0.3, -0.25) is 0 Å². The molecule has 1 aromatic heterocycles. The van der Waals surface area contributed by atoms with Crippen LogP contribution in [0.15, 0.2) is 82.1 Å². The van der Waals surface area contributed by atoms with Crippen LogP contribution >= 0.6 is 11.6 Å². The number of benzene rings is 3. The van der Waals surface area contributed by atoms with Crippen LogP contribution in [-0.2, 0) is 16.4 Å². The van der Waals surface area contributed by atoms with Crippen molar-refractivity contribution in [2.75, 3.05) is 0 Å². The summed E-state index contributed by atoms with van der Waals surface area (Å²) in [6.07, 6.45) is 0.453. The maximum absolute atomic E-state index is 12.2. The molecule has 0 saturated carbocycles. The molecule has 0 atom stereocenters. The van der Waals surface area contributed by atoms with Crippen LogP contribution in [0.4, 0.5) is 0 Å². The number of sulfonamides is 1. The second kappa shape index (κ2) is 8.07. The molecule has 0 bridgehead atoms. The number of aromatic nitrogens is 1. The average molecular weight is 439 g/mol. The van der Waals surface area contributed by atoms with Crippen molar-refractivity contribution in [1.82, 2.24) is 4.98 Å². The average Bonchev–Trinajstić information content (AvgIpc) is 3.11. The second-order valence-electron chi connectivity index (χ2n) is 6.92. The first-order chi connectivity index (χ1) is 14.3. The van der Waals surface area contributed by atoms with Crippen LogP contribution in [0.5, 0.6) is 0 Å². The lowest BCUT2D eigenvalue weighted by molar-refractivity contribution is 0.518. The first-order valence-corrected chi connectivity index (χ1v) is 11.2. The minimum atomic E-state index is -3.97. The maximum atomic E-state index is 12.2. The van der Waals surface area contributed by atoms with Crippen LogP contribution in [0.1, 0.15) is 17.0 Å². The van der Waals surface area contributed by atoms with E-state index in [9.17, 15) is 8.42 Å². The van der Waals surface area contributed by atoms with Crippen molar-refractivity contribution in [3.05, 3.63) is 94.8 Å². The van der Waals surface area contributed by atoms with E-state index in [4.69, 9.17) is 26.1 Å². The Balaban J connectivity index is 1.96. The molecule has 0 aliphatic carbocycles. The number of hydrogen-bond acceptors (Lipinski definition) is 4. The number of primary sulfonamides is 1. The summed E-state index contributed by atoms with van der Waals surface area (Å²) in [4.78, 5) is 4.68. The molecule has 7 heteroatoms. The van der Waals surface area contributed by atoms with Crippen molar-refractivity contribution in [3.8, 4) is 22.6 Å². The molecular weight excluding hydrogens is 420 g/mol. The first-order valence-electron chi connectivity index (χ1n) is 9.26. The summed E-state index contributed by atoms with van der Waals surface area (Å²) in [6, 6.07) is 21.8. The SMILES string of the molecule is Cc1cccc(Cl)c1-c1nc(Cc2ccccc2)oc1-c1ccccc1S(N)(=O)=O. The van der Waals surface area contributed by atoms with E-state index in [1.54, 1.807) is 24.3 Å². The van der Waals surface area contributed by atoms with Crippen LogP contribution in [0, 0.1) is 6.92 Å². The Hall–Kier alpha value is -2.93. The number of rotatable bonds is 5. The Kier molecular flexibility index (Phi) is 5.47. The van der Waals surface area contributed by atoms with Gasteiger partial charge in [-0.1, -0.05) is 66.2 Å². The van der Waals surface area contributed by atoms with Gasteiger partial charge in [0.1, 0.15) is 5.69 Å². The van der Waals surface area contributed by atoms with E-state index in [0.717, 1.165) is 11.1 Å². The van der Waals surface area contributed by atoms with Gasteiger partial charge in [0.2, 0.25) is 10.0 Å². The number of nitrogens with two attached hydrogens (primary N) is 1. The van der Waals surface area contributed by atoms with Gasteiger partial charge in [-0.05, 0) is 36.2 Å². The highest BCUT2D eigenvalue weighted by Gasteiger charge is 2.25. The Morgan fingerprint density at radius 1 is 0.967 bits per heavy atom. The van der Waals surface area contributed by atoms with E-state index < -0.39 is 10.0 Å². The summed E-state index contributed by atoms with van der Waals surface area (Å²) in [5.41, 5.74) is 3.45. The van der Waals surface area contributed by atoms with E-state index in [0.29, 0.717) is 39.9 Å². The number of halogens is 1. The summed E-state index contributed by atoms with van der Waals surface area (Å²) in [6.45, 7) is 1.92. The van der Waals surface area contributed by atoms with E-state index in [1.807, 2.05) is 49.4 Å². The minimum absolute atomic E-state index is 0.0293. The quantitative estimate of drug-likeness (QED) is 0.463. The molecule has 0 spiro atoms. The zero-order valence-corrected chi connectivity index (χ0v) is 17.7. The fourth-order valence-electron chi connectivity index (χ4n) is 3.40. The normalized spacial score (nSPS) is 11.6. The lowest BCUT2D eigenvalue weighted by Crippen LogP contribution is -2.13. The van der Waals surface area contributed by atoms with Gasteiger partial charge < -0.3 is 4.42 Å². The van der Waals surface area contributed by atoms with Gasteiger partial charge in [0, 0.05) is 17.5 Å². The standard InChI is InChI=1S/C23H19ClN2O3S/c1-15-8-7-12-18(24)21(15)22-23(17-11-5-6-13-19(17)30(25,27)28)29-20(26-22)14-16-9-3-2-4-10-16/h2-13H,14H2,1H3,(H2,25,27,28). The summed E-state index contributed by atoms with van der Waals surface area (Å²) in [5.74, 6) is 0.775. The molecule has 152 valence electrons. The summed E-state index contributed by atoms with van der Waals surface area (Å²) in [7, 11) is -3.97. The van der Waals surface area contributed by atoms with Crippen LogP contribution in [0.25, 0.3) is 22.6 Å². The molecule has 0 radical (unpaired) electrons. The monoisotopic (exact) mass is 438 g/mol. The van der Waals surface area contributed by atoms with Gasteiger partial charge in [-0.25, -0.2) is 18.5 Å². The fourth-order valence-corrected chi connectivity index (χ4v) is 4.44. The topological polar surface area (TPSA) is 86.2 Å². The number of hydrogen-bond donors (Lipinski definition) is 1. The molecule has 0 fully saturated rings. The zero-order valence-electron chi connectivity index (χ0n) is 16.2. The third-order valence-corrected chi connectivity index (χ3v) is 6.05. The zero-order chi connectivity index (χ0) is 21.3. The van der Waals surface area contributed by atoms with Crippen molar-refractivity contribution in [2.45, 2.75) is 18.2 Å². The molecule has 0 aliphatic heterocycles. The molecule has 4 rings (SSSR count). The molecule has 3 aromatic carbocycles. The Morgan fingerprint density at radius 3 is 2.37 bits per heavy atom. The smallest absolute Gasteiger partial charge is 0.238 e. The van der Waals surface area contributed by atoms with Crippen molar-refractivity contribution in [1.29, 1.82) is 0 Å². The first kappa shape index (κ1) is 20.3. The van der Waals surface area contributed by atoms with Crippen molar-refractivity contribution < 1.29 is 12.8 Å². The van der Waals surface area contributed by atoms with E-state index in [-0.39, 0.29) is 4.90 Å². The Labute approximate surface area is 180 Å². The van der Waals surface area contributed by atoms with Crippen LogP contribution in [0.3, 0.4) is 0 Å². The lowest BCUT2D eigenvalue weighted by Gasteiger charge is -2.09. The molecule has 0 unspecified atom stereocenters. The summed E-state index contributed by atoms with van der Waals surface area (Å²) in [5, 5.41) is 5.96. The number of aryl methyl sites for hydroxylation is 1. The Morgan fingerprint density at radius 2 is 1.67 bits per heavy atom. The number of oxazole rings is 1. The van der Waals surface area contributed by atoms with Crippen LogP contribution < -0.4 is 5.14 Å². The fraction of sp³-hybridized carbons (Fsp3) is 0.0870. The number of nitrogens with zero attached hydrogens (tertiary/aromatic N) is 1. The highest BCUT2D eigenvalue weighted by atomic mass is 35.5. The molecular formula is C23H19ClN2O3S. The molecule has 2 N–H and O–H groups in total. The van der Waals surface area contributed by atoms with Gasteiger partial charge >= 0.3 is 0 Å². The maximum Gasteiger partial charge on any atom is 0.238 e. The van der Waals surface area contributed by atoms with Crippen molar-refractivity contribution in [2.24, 2.45) is 5.14 Å². The van der Waals surface area contributed by atoms with Crippen molar-refractivity contribution >= 4 is 21.6 Å². The highest BCUT2D eigenvalue weighted by Crippen LogP contribution is 2.40. The molecule has 30 heavy (non-hydrogen) atoms. The lowest BCUT2D eigenvalue weighted by atomic mass is 10.0. The van der Waals surface area contributed by atoms with Gasteiger partial charge in [0.05, 0.1) is 9.92 Å². The van der Waals surface area contributed by atoms with Gasteiger partial charge in [0.25, 0.3) is 0 Å². The predicted octanol–water partition coefficient (Wildman–Crippen LogP) is 5.21. The summed E-state index contributed by atoms with van der Waals surface area (Å²) >= 11 is 6.50. The van der Waals surface area contributed by atoms with Gasteiger partial charge in [-0.2, -0.15) is 0 Å². The molecule has 5 nitrogen and oxygen atoms in total. The van der Waals surface area contributed by atoms with E-state index >= 15 is 0 Å². The van der Waals surface area contributed by atoms with Crippen LogP contribution in [0.2, 0.25) is 5.02 Å². The third-order valence-electron chi connectivity index (χ3n) is 4.77. The van der Waals surface area contributed by atoms with Gasteiger partial charge in [-0.15, -0.1) is 0 Å². The van der Waals surface area contributed by atoms with Crippen molar-refractivity contribution in [3.63, 3.8) is 0 Å². The highest BCUT2D eigenvalue weighted by molar-refractivity contribution is 7.89. The Bertz CT molecular complexity index is 1300. The second-order valence-corrected chi connectivity index (χ2v) is 8.86. The minimum Gasteiger partial charge on any atom is -0.440 e. The molecule has 1 heterocycles. The molecule has 4 aromatic rings.